The zero-order chi connectivity index (χ0) is 15.4. The Morgan fingerprint density at radius 1 is 1.05 bits per heavy atom. The van der Waals surface area contributed by atoms with Gasteiger partial charge < -0.3 is 4.90 Å². The third-order valence-electron chi connectivity index (χ3n) is 5.42. The van der Waals surface area contributed by atoms with E-state index in [-0.39, 0.29) is 0 Å². The molecule has 1 unspecified atom stereocenters. The Balaban J connectivity index is 1.72. The van der Waals surface area contributed by atoms with Gasteiger partial charge in [-0.25, -0.2) is 4.68 Å². The van der Waals surface area contributed by atoms with Crippen molar-refractivity contribution in [2.75, 3.05) is 32.7 Å². The highest BCUT2D eigenvalue weighted by Gasteiger charge is 2.29. The van der Waals surface area contributed by atoms with E-state index in [9.17, 15) is 0 Å². The molecule has 1 aromatic rings. The molecule has 0 bridgehead atoms. The highest BCUT2D eigenvalue weighted by Crippen LogP contribution is 2.31. The molecule has 1 aromatic heterocycles. The second kappa shape index (κ2) is 7.51. The molecule has 6 nitrogen and oxygen atoms in total. The fourth-order valence-corrected chi connectivity index (χ4v) is 4.00. The molecule has 3 rings (SSSR count). The summed E-state index contributed by atoms with van der Waals surface area (Å²) in [4.78, 5) is 5.10. The highest BCUT2D eigenvalue weighted by atomic mass is 15.6. The van der Waals surface area contributed by atoms with Crippen LogP contribution in [0.25, 0.3) is 0 Å². The van der Waals surface area contributed by atoms with E-state index < -0.39 is 0 Å². The lowest BCUT2D eigenvalue weighted by atomic mass is 9.95. The van der Waals surface area contributed by atoms with E-state index in [0.717, 1.165) is 45.0 Å². The first kappa shape index (κ1) is 15.9. The number of hydrogen-bond donors (Lipinski definition) is 0. The molecule has 22 heavy (non-hydrogen) atoms. The molecule has 0 aromatic carbocycles. The highest BCUT2D eigenvalue weighted by molar-refractivity contribution is 4.96. The minimum atomic E-state index is 0.371. The largest absolute Gasteiger partial charge is 0.301 e. The van der Waals surface area contributed by atoms with E-state index in [1.54, 1.807) is 0 Å². The monoisotopic (exact) mass is 306 g/mol. The van der Waals surface area contributed by atoms with Gasteiger partial charge in [0.1, 0.15) is 0 Å². The second-order valence-electron chi connectivity index (χ2n) is 6.67. The molecule has 1 saturated heterocycles. The van der Waals surface area contributed by atoms with Crippen LogP contribution in [0.3, 0.4) is 0 Å². The number of tetrazole rings is 1. The Bertz CT molecular complexity index is 445. The summed E-state index contributed by atoms with van der Waals surface area (Å²) < 4.78 is 2.15. The van der Waals surface area contributed by atoms with Crippen LogP contribution in [0.4, 0.5) is 0 Å². The van der Waals surface area contributed by atoms with Crippen molar-refractivity contribution < 1.29 is 0 Å². The van der Waals surface area contributed by atoms with Crippen molar-refractivity contribution in [1.29, 1.82) is 0 Å². The van der Waals surface area contributed by atoms with Gasteiger partial charge in [-0.1, -0.05) is 33.1 Å². The Kier molecular flexibility index (Phi) is 5.41. The van der Waals surface area contributed by atoms with Crippen LogP contribution in [0.15, 0.2) is 0 Å². The SMILES string of the molecule is CCC(c1nnnn1C1CCCCC1)N1CCN(CC)CC1. The van der Waals surface area contributed by atoms with Crippen LogP contribution in [0, 0.1) is 0 Å². The van der Waals surface area contributed by atoms with Gasteiger partial charge in [-0.2, -0.15) is 0 Å². The quantitative estimate of drug-likeness (QED) is 0.835. The number of rotatable bonds is 5. The maximum Gasteiger partial charge on any atom is 0.168 e. The Morgan fingerprint density at radius 3 is 2.41 bits per heavy atom. The standard InChI is InChI=1S/C16H30N6/c1-3-15(21-12-10-20(4-2)11-13-21)16-17-18-19-22(16)14-8-6-5-7-9-14/h14-15H,3-13H2,1-2H3. The van der Waals surface area contributed by atoms with E-state index in [0.29, 0.717) is 12.1 Å². The number of aromatic nitrogens is 4. The molecule has 2 fully saturated rings. The maximum absolute atomic E-state index is 4.42. The van der Waals surface area contributed by atoms with Gasteiger partial charge in [0.25, 0.3) is 0 Å². The molecule has 1 aliphatic heterocycles. The number of likely N-dealkylation sites (N-methyl/N-ethyl adjacent to an activating group) is 1. The first-order valence-electron chi connectivity index (χ1n) is 9.07. The van der Waals surface area contributed by atoms with Gasteiger partial charge in [0, 0.05) is 26.2 Å². The van der Waals surface area contributed by atoms with Crippen LogP contribution in [0.2, 0.25) is 0 Å². The first-order chi connectivity index (χ1) is 10.8. The van der Waals surface area contributed by atoms with E-state index in [1.807, 2.05) is 0 Å². The third-order valence-corrected chi connectivity index (χ3v) is 5.42. The van der Waals surface area contributed by atoms with Crippen molar-refractivity contribution in [2.45, 2.75) is 64.5 Å². The van der Waals surface area contributed by atoms with Gasteiger partial charge in [-0.15, -0.1) is 5.10 Å². The molecule has 1 aliphatic carbocycles. The van der Waals surface area contributed by atoms with Crippen LogP contribution >= 0.6 is 0 Å². The van der Waals surface area contributed by atoms with Crippen molar-refractivity contribution >= 4 is 0 Å². The molecular weight excluding hydrogens is 276 g/mol. The van der Waals surface area contributed by atoms with Gasteiger partial charge in [0.05, 0.1) is 12.1 Å². The zero-order valence-electron chi connectivity index (χ0n) is 14.1. The van der Waals surface area contributed by atoms with E-state index in [1.165, 1.54) is 32.1 Å². The summed E-state index contributed by atoms with van der Waals surface area (Å²) in [5.74, 6) is 1.10. The summed E-state index contributed by atoms with van der Waals surface area (Å²) in [5.41, 5.74) is 0. The summed E-state index contributed by atoms with van der Waals surface area (Å²) in [6.07, 6.45) is 7.55. The average molecular weight is 306 g/mol. The Labute approximate surface area is 133 Å². The summed E-state index contributed by atoms with van der Waals surface area (Å²) in [5, 5.41) is 12.8. The van der Waals surface area contributed by atoms with Crippen LogP contribution in [0.1, 0.15) is 70.3 Å². The van der Waals surface area contributed by atoms with Crippen LogP contribution in [-0.2, 0) is 0 Å². The number of nitrogens with zero attached hydrogens (tertiary/aromatic N) is 6. The number of piperazine rings is 1. The number of hydrogen-bond acceptors (Lipinski definition) is 5. The third kappa shape index (κ3) is 3.33. The summed E-state index contributed by atoms with van der Waals surface area (Å²) in [7, 11) is 0. The molecule has 1 atom stereocenters. The van der Waals surface area contributed by atoms with Gasteiger partial charge in [0.2, 0.25) is 0 Å². The van der Waals surface area contributed by atoms with Crippen LogP contribution in [0.5, 0.6) is 0 Å². The first-order valence-corrected chi connectivity index (χ1v) is 9.07. The molecule has 124 valence electrons. The lowest BCUT2D eigenvalue weighted by molar-refractivity contribution is 0.0895. The molecule has 1 saturated carbocycles. The molecule has 0 amide bonds. The van der Waals surface area contributed by atoms with Crippen LogP contribution < -0.4 is 0 Å². The summed E-state index contributed by atoms with van der Waals surface area (Å²) >= 11 is 0. The Morgan fingerprint density at radius 2 is 1.77 bits per heavy atom. The predicted octanol–water partition coefficient (Wildman–Crippen LogP) is 2.27. The average Bonchev–Trinajstić information content (AvgIpc) is 3.06. The Hall–Kier alpha value is -1.01. The van der Waals surface area contributed by atoms with Crippen LogP contribution in [-0.4, -0.2) is 62.7 Å². The predicted molar refractivity (Wildman–Crippen MR) is 86.7 cm³/mol. The smallest absolute Gasteiger partial charge is 0.168 e. The maximum atomic E-state index is 4.42. The second-order valence-corrected chi connectivity index (χ2v) is 6.67. The van der Waals surface area contributed by atoms with Gasteiger partial charge in [-0.3, -0.25) is 4.90 Å². The van der Waals surface area contributed by atoms with Crippen molar-refractivity contribution in [3.05, 3.63) is 5.82 Å². The molecular formula is C16H30N6. The molecule has 0 radical (unpaired) electrons. The minimum absolute atomic E-state index is 0.371. The van der Waals surface area contributed by atoms with E-state index in [2.05, 4.69) is 43.9 Å². The van der Waals surface area contributed by atoms with E-state index >= 15 is 0 Å². The molecule has 0 spiro atoms. The van der Waals surface area contributed by atoms with E-state index in [4.69, 9.17) is 0 Å². The summed E-state index contributed by atoms with van der Waals surface area (Å²) in [6, 6.07) is 0.890. The fourth-order valence-electron chi connectivity index (χ4n) is 4.00. The molecule has 6 heteroatoms. The van der Waals surface area contributed by atoms with Crippen molar-refractivity contribution in [2.24, 2.45) is 0 Å². The molecule has 0 N–H and O–H groups in total. The molecule has 2 aliphatic rings. The van der Waals surface area contributed by atoms with Crippen molar-refractivity contribution in [3.63, 3.8) is 0 Å². The zero-order valence-corrected chi connectivity index (χ0v) is 14.1. The van der Waals surface area contributed by atoms with Crippen molar-refractivity contribution in [1.82, 2.24) is 30.0 Å². The topological polar surface area (TPSA) is 50.1 Å². The molecule has 2 heterocycles. The fraction of sp³-hybridized carbons (Fsp3) is 0.938. The van der Waals surface area contributed by atoms with Crippen molar-refractivity contribution in [3.8, 4) is 0 Å². The van der Waals surface area contributed by atoms with Gasteiger partial charge in [0.15, 0.2) is 5.82 Å². The summed E-state index contributed by atoms with van der Waals surface area (Å²) in [6.45, 7) is 10.3. The van der Waals surface area contributed by atoms with Gasteiger partial charge >= 0.3 is 0 Å². The lowest BCUT2D eigenvalue weighted by Gasteiger charge is -2.38. The lowest BCUT2D eigenvalue weighted by Crippen LogP contribution is -2.47. The minimum Gasteiger partial charge on any atom is -0.301 e. The van der Waals surface area contributed by atoms with Gasteiger partial charge in [-0.05, 0) is 36.2 Å². The normalized spacial score (nSPS) is 23.7.